The third-order valence-electron chi connectivity index (χ3n) is 2.67. The van der Waals surface area contributed by atoms with E-state index in [0.29, 0.717) is 6.42 Å². The van der Waals surface area contributed by atoms with Crippen molar-refractivity contribution in [2.24, 2.45) is 7.05 Å². The van der Waals surface area contributed by atoms with E-state index in [-0.39, 0.29) is 11.8 Å². The van der Waals surface area contributed by atoms with E-state index < -0.39 is 9.84 Å². The van der Waals surface area contributed by atoms with Crippen LogP contribution in [0.25, 0.3) is 0 Å². The van der Waals surface area contributed by atoms with Crippen molar-refractivity contribution in [1.82, 2.24) is 14.9 Å². The van der Waals surface area contributed by atoms with Crippen LogP contribution in [0.15, 0.2) is 12.5 Å². The third-order valence-corrected chi connectivity index (χ3v) is 3.70. The number of hydrogen-bond acceptors (Lipinski definition) is 4. The number of hydrogen-bond donors (Lipinski definition) is 1. The molecule has 1 rings (SSSR count). The summed E-state index contributed by atoms with van der Waals surface area (Å²) in [5.41, 5.74) is 1.10. The second-order valence-corrected chi connectivity index (χ2v) is 6.57. The van der Waals surface area contributed by atoms with Gasteiger partial charge >= 0.3 is 0 Å². The summed E-state index contributed by atoms with van der Waals surface area (Å²) in [6.07, 6.45) is 6.34. The second kappa shape index (κ2) is 6.16. The fourth-order valence-electron chi connectivity index (χ4n) is 1.85. The maximum atomic E-state index is 11.1. The zero-order valence-corrected chi connectivity index (χ0v) is 11.5. The molecule has 0 fully saturated rings. The smallest absolute Gasteiger partial charge is 0.147 e. The fraction of sp³-hybridized carbons (Fsp3) is 0.727. The van der Waals surface area contributed by atoms with Gasteiger partial charge in [-0.2, -0.15) is 0 Å². The third kappa shape index (κ3) is 4.87. The summed E-state index contributed by atoms with van der Waals surface area (Å²) in [6.45, 7) is 2.90. The van der Waals surface area contributed by atoms with Crippen LogP contribution in [0, 0.1) is 0 Å². The minimum absolute atomic E-state index is 0.175. The van der Waals surface area contributed by atoms with Crippen LogP contribution in [0.2, 0.25) is 0 Å². The standard InChI is InChI=1S/C11H21N3O2S/c1-4-13-10(6-5-7-17(3,15)16)11-8-12-9-14(11)2/h8-10,13H,4-7H2,1-3H3. The van der Waals surface area contributed by atoms with E-state index in [1.807, 2.05) is 24.7 Å². The number of nitrogens with one attached hydrogen (secondary N) is 1. The second-order valence-electron chi connectivity index (χ2n) is 4.31. The first-order valence-electron chi connectivity index (χ1n) is 5.81. The highest BCUT2D eigenvalue weighted by molar-refractivity contribution is 7.90. The Morgan fingerprint density at radius 2 is 2.24 bits per heavy atom. The Bertz CT molecular complexity index is 439. The number of aryl methyl sites for hydroxylation is 1. The predicted octanol–water partition coefficient (Wildman–Crippen LogP) is 0.895. The molecule has 5 nitrogen and oxygen atoms in total. The maximum absolute atomic E-state index is 11.1. The molecule has 0 saturated carbocycles. The molecule has 0 radical (unpaired) electrons. The van der Waals surface area contributed by atoms with Crippen molar-refractivity contribution < 1.29 is 8.42 Å². The van der Waals surface area contributed by atoms with Crippen LogP contribution in [0.1, 0.15) is 31.5 Å². The zero-order valence-electron chi connectivity index (χ0n) is 10.7. The molecule has 0 aliphatic carbocycles. The Kier molecular flexibility index (Phi) is 5.14. The van der Waals surface area contributed by atoms with Crippen molar-refractivity contribution in [1.29, 1.82) is 0 Å². The van der Waals surface area contributed by atoms with Gasteiger partial charge in [0.25, 0.3) is 0 Å². The van der Waals surface area contributed by atoms with Gasteiger partial charge < -0.3 is 9.88 Å². The molecule has 0 aliphatic heterocycles. The van der Waals surface area contributed by atoms with E-state index in [0.717, 1.165) is 18.7 Å². The van der Waals surface area contributed by atoms with E-state index in [4.69, 9.17) is 0 Å². The highest BCUT2D eigenvalue weighted by Crippen LogP contribution is 2.17. The van der Waals surface area contributed by atoms with Crippen LogP contribution in [0.4, 0.5) is 0 Å². The normalized spacial score (nSPS) is 13.8. The Labute approximate surface area is 103 Å². The minimum atomic E-state index is -2.86. The SMILES string of the molecule is CCNC(CCCS(C)(=O)=O)c1cncn1C. The van der Waals surface area contributed by atoms with Crippen molar-refractivity contribution in [3.63, 3.8) is 0 Å². The molecule has 1 aromatic heterocycles. The van der Waals surface area contributed by atoms with Crippen LogP contribution < -0.4 is 5.32 Å². The Morgan fingerprint density at radius 3 is 2.71 bits per heavy atom. The molecule has 1 unspecified atom stereocenters. The van der Waals surface area contributed by atoms with Crippen molar-refractivity contribution in [3.8, 4) is 0 Å². The lowest BCUT2D eigenvalue weighted by atomic mass is 10.1. The van der Waals surface area contributed by atoms with Gasteiger partial charge in [-0.15, -0.1) is 0 Å². The molecule has 1 heterocycles. The number of nitrogens with zero attached hydrogens (tertiary/aromatic N) is 2. The van der Waals surface area contributed by atoms with Crippen molar-refractivity contribution >= 4 is 9.84 Å². The summed E-state index contributed by atoms with van der Waals surface area (Å²) >= 11 is 0. The molecule has 0 aliphatic rings. The van der Waals surface area contributed by atoms with E-state index >= 15 is 0 Å². The van der Waals surface area contributed by atoms with Gasteiger partial charge in [0, 0.05) is 31.3 Å². The first kappa shape index (κ1) is 14.2. The predicted molar refractivity (Wildman–Crippen MR) is 68.6 cm³/mol. The fourth-order valence-corrected chi connectivity index (χ4v) is 2.54. The monoisotopic (exact) mass is 259 g/mol. The molecule has 1 aromatic rings. The topological polar surface area (TPSA) is 64.0 Å². The average molecular weight is 259 g/mol. The molecule has 6 heteroatoms. The van der Waals surface area contributed by atoms with Gasteiger partial charge in [0.2, 0.25) is 0 Å². The van der Waals surface area contributed by atoms with Gasteiger partial charge in [0.15, 0.2) is 0 Å². The minimum Gasteiger partial charge on any atom is -0.336 e. The molecule has 0 amide bonds. The van der Waals surface area contributed by atoms with Crippen molar-refractivity contribution in [2.75, 3.05) is 18.6 Å². The molecule has 0 saturated heterocycles. The van der Waals surface area contributed by atoms with Gasteiger partial charge in [0.05, 0.1) is 12.0 Å². The zero-order chi connectivity index (χ0) is 12.9. The summed E-state index contributed by atoms with van der Waals surface area (Å²) in [5.74, 6) is 0.243. The highest BCUT2D eigenvalue weighted by atomic mass is 32.2. The highest BCUT2D eigenvalue weighted by Gasteiger charge is 2.14. The lowest BCUT2D eigenvalue weighted by Gasteiger charge is -2.18. The lowest BCUT2D eigenvalue weighted by Crippen LogP contribution is -2.23. The molecule has 0 aromatic carbocycles. The van der Waals surface area contributed by atoms with Gasteiger partial charge in [-0.25, -0.2) is 13.4 Å². The summed E-state index contributed by atoms with van der Waals surface area (Å²) in [6, 6.07) is 0.175. The molecule has 1 atom stereocenters. The summed E-state index contributed by atoms with van der Waals surface area (Å²) in [7, 11) is -0.916. The van der Waals surface area contributed by atoms with Crippen LogP contribution in [0.3, 0.4) is 0 Å². The van der Waals surface area contributed by atoms with Gasteiger partial charge in [-0.1, -0.05) is 6.92 Å². The molecular formula is C11H21N3O2S. The number of imidazole rings is 1. The molecule has 1 N–H and O–H groups in total. The van der Waals surface area contributed by atoms with E-state index in [2.05, 4.69) is 10.3 Å². The van der Waals surface area contributed by atoms with Crippen molar-refractivity contribution in [3.05, 3.63) is 18.2 Å². The summed E-state index contributed by atoms with van der Waals surface area (Å²) in [5, 5.41) is 3.36. The number of rotatable bonds is 7. The Balaban J connectivity index is 2.59. The van der Waals surface area contributed by atoms with Crippen LogP contribution in [-0.2, 0) is 16.9 Å². The Hall–Kier alpha value is -0.880. The lowest BCUT2D eigenvalue weighted by molar-refractivity contribution is 0.484. The van der Waals surface area contributed by atoms with Crippen LogP contribution in [0.5, 0.6) is 0 Å². The quantitative estimate of drug-likeness (QED) is 0.790. The first-order chi connectivity index (χ1) is 7.94. The molecule has 0 spiro atoms. The van der Waals surface area contributed by atoms with E-state index in [1.54, 1.807) is 6.33 Å². The van der Waals surface area contributed by atoms with Gasteiger partial charge in [-0.05, 0) is 19.4 Å². The molecular weight excluding hydrogens is 238 g/mol. The molecule has 98 valence electrons. The van der Waals surface area contributed by atoms with Gasteiger partial charge in [0.1, 0.15) is 9.84 Å². The summed E-state index contributed by atoms with van der Waals surface area (Å²) < 4.78 is 24.1. The Morgan fingerprint density at radius 1 is 1.53 bits per heavy atom. The number of sulfone groups is 1. The van der Waals surface area contributed by atoms with Crippen molar-refractivity contribution in [2.45, 2.75) is 25.8 Å². The molecule has 0 bridgehead atoms. The number of aromatic nitrogens is 2. The van der Waals surface area contributed by atoms with E-state index in [9.17, 15) is 8.42 Å². The maximum Gasteiger partial charge on any atom is 0.147 e. The average Bonchev–Trinajstić information content (AvgIpc) is 2.61. The largest absolute Gasteiger partial charge is 0.336 e. The van der Waals surface area contributed by atoms with Crippen LogP contribution in [-0.4, -0.2) is 36.5 Å². The molecule has 17 heavy (non-hydrogen) atoms. The summed E-state index contributed by atoms with van der Waals surface area (Å²) in [4.78, 5) is 4.09. The van der Waals surface area contributed by atoms with Crippen LogP contribution >= 0.6 is 0 Å². The van der Waals surface area contributed by atoms with E-state index in [1.165, 1.54) is 6.26 Å². The van der Waals surface area contributed by atoms with Gasteiger partial charge in [-0.3, -0.25) is 0 Å². The first-order valence-corrected chi connectivity index (χ1v) is 7.87.